The van der Waals surface area contributed by atoms with Crippen LogP contribution < -0.4 is 0 Å². The lowest BCUT2D eigenvalue weighted by Gasteiger charge is -2.38. The van der Waals surface area contributed by atoms with E-state index in [1.807, 2.05) is 6.92 Å². The quantitative estimate of drug-likeness (QED) is 0.746. The topological polar surface area (TPSA) is 62.2 Å². The van der Waals surface area contributed by atoms with Gasteiger partial charge >= 0.3 is 6.09 Å². The van der Waals surface area contributed by atoms with Crippen molar-refractivity contribution in [3.8, 4) is 0 Å². The van der Waals surface area contributed by atoms with Crippen LogP contribution in [0.3, 0.4) is 0 Å². The molecule has 1 amide bonds. The number of hydrogen-bond donors (Lipinski definition) is 1. The van der Waals surface area contributed by atoms with Gasteiger partial charge in [-0.05, 0) is 37.5 Å². The number of rotatable bonds is 7. The third-order valence-electron chi connectivity index (χ3n) is 5.83. The van der Waals surface area contributed by atoms with Gasteiger partial charge in [-0.15, -0.1) is 0 Å². The Labute approximate surface area is 158 Å². The highest BCUT2D eigenvalue weighted by atomic mass is 16.6. The summed E-state index contributed by atoms with van der Waals surface area (Å²) in [7, 11) is 0. The van der Waals surface area contributed by atoms with E-state index in [0.29, 0.717) is 50.6 Å². The Hall–Kier alpha value is -0.850. The summed E-state index contributed by atoms with van der Waals surface area (Å²) in [6.45, 7) is 12.9. The number of nitrogens with zero attached hydrogens (tertiary/aromatic N) is 2. The Morgan fingerprint density at radius 3 is 2.50 bits per heavy atom. The molecule has 6 nitrogen and oxygen atoms in total. The molecule has 152 valence electrons. The molecule has 1 aliphatic heterocycles. The first-order valence-electron chi connectivity index (χ1n) is 10.3. The third-order valence-corrected chi connectivity index (χ3v) is 5.83. The second-order valence-electron chi connectivity index (χ2n) is 8.34. The molecule has 0 spiro atoms. The van der Waals surface area contributed by atoms with Gasteiger partial charge in [-0.2, -0.15) is 0 Å². The van der Waals surface area contributed by atoms with Gasteiger partial charge < -0.3 is 19.5 Å². The van der Waals surface area contributed by atoms with Gasteiger partial charge in [0.15, 0.2) is 0 Å². The molecule has 26 heavy (non-hydrogen) atoms. The zero-order chi connectivity index (χ0) is 19.1. The molecule has 0 radical (unpaired) electrons. The van der Waals surface area contributed by atoms with E-state index in [2.05, 4.69) is 25.7 Å². The van der Waals surface area contributed by atoms with Gasteiger partial charge in [-0.3, -0.25) is 4.90 Å². The molecule has 1 saturated heterocycles. The summed E-state index contributed by atoms with van der Waals surface area (Å²) in [5, 5.41) is 10.4. The lowest BCUT2D eigenvalue weighted by atomic mass is 9.75. The van der Waals surface area contributed by atoms with Crippen molar-refractivity contribution in [3.63, 3.8) is 0 Å². The molecule has 0 aromatic heterocycles. The van der Waals surface area contributed by atoms with Crippen LogP contribution in [0.1, 0.15) is 47.0 Å². The van der Waals surface area contributed by atoms with Gasteiger partial charge in [0.05, 0.1) is 25.4 Å². The van der Waals surface area contributed by atoms with Gasteiger partial charge in [0, 0.05) is 32.7 Å². The van der Waals surface area contributed by atoms with E-state index < -0.39 is 6.10 Å². The van der Waals surface area contributed by atoms with Crippen molar-refractivity contribution in [1.29, 1.82) is 0 Å². The number of aliphatic hydroxyl groups excluding tert-OH is 1. The summed E-state index contributed by atoms with van der Waals surface area (Å²) in [5.74, 6) is 1.94. The molecule has 0 bridgehead atoms. The number of amides is 1. The highest BCUT2D eigenvalue weighted by Crippen LogP contribution is 2.35. The average molecular weight is 371 g/mol. The van der Waals surface area contributed by atoms with Crippen LogP contribution in [0.25, 0.3) is 0 Å². The maximum atomic E-state index is 11.7. The SMILES string of the molecule is CCOC(=O)N1CCN(C[C@H](O)CO[C@H]2C[C@@H](C)CC[C@@H]2C(C)C)CC1. The molecule has 2 aliphatic rings. The Bertz CT molecular complexity index is 424. The predicted octanol–water partition coefficient (Wildman–Crippen LogP) is 2.60. The van der Waals surface area contributed by atoms with Gasteiger partial charge in [-0.25, -0.2) is 4.79 Å². The highest BCUT2D eigenvalue weighted by molar-refractivity contribution is 5.67. The van der Waals surface area contributed by atoms with Crippen molar-refractivity contribution >= 4 is 6.09 Å². The normalized spacial score (nSPS) is 29.0. The Kier molecular flexibility index (Phi) is 8.64. The minimum Gasteiger partial charge on any atom is -0.450 e. The molecule has 1 saturated carbocycles. The van der Waals surface area contributed by atoms with Crippen LogP contribution in [0, 0.1) is 17.8 Å². The van der Waals surface area contributed by atoms with Crippen LogP contribution >= 0.6 is 0 Å². The Balaban J connectivity index is 1.70. The standard InChI is InChI=1S/C20H38N2O4/c1-5-25-20(24)22-10-8-21(9-11-22)13-17(23)14-26-19-12-16(4)6-7-18(19)15(2)3/h15-19,23H,5-14H2,1-4H3/t16-,17-,18+,19-/m0/s1. The van der Waals surface area contributed by atoms with Crippen molar-refractivity contribution in [2.75, 3.05) is 45.9 Å². The fourth-order valence-electron chi connectivity index (χ4n) is 4.22. The van der Waals surface area contributed by atoms with E-state index in [0.717, 1.165) is 19.5 Å². The average Bonchev–Trinajstić information content (AvgIpc) is 2.60. The summed E-state index contributed by atoms with van der Waals surface area (Å²) in [4.78, 5) is 15.7. The number of ether oxygens (including phenoxy) is 2. The van der Waals surface area contributed by atoms with E-state index >= 15 is 0 Å². The molecular formula is C20H38N2O4. The fourth-order valence-corrected chi connectivity index (χ4v) is 4.22. The van der Waals surface area contributed by atoms with Crippen molar-refractivity contribution in [2.45, 2.75) is 59.2 Å². The molecule has 2 fully saturated rings. The third kappa shape index (κ3) is 6.39. The highest BCUT2D eigenvalue weighted by Gasteiger charge is 2.32. The first-order chi connectivity index (χ1) is 12.4. The Morgan fingerprint density at radius 1 is 1.19 bits per heavy atom. The van der Waals surface area contributed by atoms with Crippen molar-refractivity contribution in [3.05, 3.63) is 0 Å². The minimum atomic E-state index is -0.478. The van der Waals surface area contributed by atoms with Crippen LogP contribution in [0.2, 0.25) is 0 Å². The van der Waals surface area contributed by atoms with Crippen molar-refractivity contribution in [2.24, 2.45) is 17.8 Å². The number of β-amino-alcohol motifs (C(OH)–C–C–N with tert-alkyl or cyclic N) is 1. The molecule has 1 N–H and O–H groups in total. The first kappa shape index (κ1) is 21.5. The summed E-state index contributed by atoms with van der Waals surface area (Å²) in [5.41, 5.74) is 0. The minimum absolute atomic E-state index is 0.234. The van der Waals surface area contributed by atoms with Gasteiger partial charge in [0.2, 0.25) is 0 Å². The van der Waals surface area contributed by atoms with E-state index in [9.17, 15) is 9.90 Å². The van der Waals surface area contributed by atoms with Crippen molar-refractivity contribution in [1.82, 2.24) is 9.80 Å². The Morgan fingerprint density at radius 2 is 1.88 bits per heavy atom. The van der Waals surface area contributed by atoms with Crippen LogP contribution in [-0.4, -0.2) is 79.1 Å². The summed E-state index contributed by atoms with van der Waals surface area (Å²) in [6.07, 6.45) is 3.18. The number of carbonyl (C=O) groups is 1. The molecule has 6 heteroatoms. The van der Waals surface area contributed by atoms with Gasteiger partial charge in [0.25, 0.3) is 0 Å². The molecular weight excluding hydrogens is 332 g/mol. The van der Waals surface area contributed by atoms with E-state index in [4.69, 9.17) is 9.47 Å². The van der Waals surface area contributed by atoms with Crippen LogP contribution in [0.4, 0.5) is 4.79 Å². The van der Waals surface area contributed by atoms with E-state index in [1.54, 1.807) is 4.90 Å². The van der Waals surface area contributed by atoms with Gasteiger partial charge in [0.1, 0.15) is 0 Å². The second kappa shape index (κ2) is 10.5. The number of aliphatic hydroxyl groups is 1. The molecule has 0 aromatic carbocycles. The van der Waals surface area contributed by atoms with E-state index in [1.165, 1.54) is 12.8 Å². The van der Waals surface area contributed by atoms with Crippen molar-refractivity contribution < 1.29 is 19.4 Å². The van der Waals surface area contributed by atoms with Crippen LogP contribution in [0.5, 0.6) is 0 Å². The maximum Gasteiger partial charge on any atom is 0.409 e. The molecule has 0 aromatic rings. The summed E-state index contributed by atoms with van der Waals surface area (Å²) >= 11 is 0. The predicted molar refractivity (Wildman–Crippen MR) is 102 cm³/mol. The second-order valence-corrected chi connectivity index (χ2v) is 8.34. The van der Waals surface area contributed by atoms with Crippen LogP contribution in [-0.2, 0) is 9.47 Å². The first-order valence-corrected chi connectivity index (χ1v) is 10.3. The molecule has 1 heterocycles. The summed E-state index contributed by atoms with van der Waals surface area (Å²) in [6, 6.07) is 0. The largest absolute Gasteiger partial charge is 0.450 e. The number of piperazine rings is 1. The number of carbonyl (C=O) groups excluding carboxylic acids is 1. The molecule has 0 unspecified atom stereocenters. The molecule has 2 rings (SSSR count). The zero-order valence-electron chi connectivity index (χ0n) is 17.0. The van der Waals surface area contributed by atoms with E-state index in [-0.39, 0.29) is 12.2 Å². The number of hydrogen-bond acceptors (Lipinski definition) is 5. The monoisotopic (exact) mass is 370 g/mol. The van der Waals surface area contributed by atoms with Gasteiger partial charge in [-0.1, -0.05) is 27.2 Å². The lowest BCUT2D eigenvalue weighted by molar-refractivity contribution is -0.0752. The fraction of sp³-hybridized carbons (Fsp3) is 0.950. The summed E-state index contributed by atoms with van der Waals surface area (Å²) < 4.78 is 11.2. The maximum absolute atomic E-state index is 11.7. The smallest absolute Gasteiger partial charge is 0.409 e. The zero-order valence-corrected chi connectivity index (χ0v) is 17.0. The lowest BCUT2D eigenvalue weighted by Crippen LogP contribution is -2.51. The molecule has 1 aliphatic carbocycles. The van der Waals surface area contributed by atoms with Crippen LogP contribution in [0.15, 0.2) is 0 Å². The molecule has 4 atom stereocenters.